The van der Waals surface area contributed by atoms with E-state index in [2.05, 4.69) is 13.8 Å². The topological polar surface area (TPSA) is 83.8 Å². The zero-order valence-electron chi connectivity index (χ0n) is 16.6. The Bertz CT molecular complexity index is 705. The van der Waals surface area contributed by atoms with E-state index >= 15 is 0 Å². The SMILES string of the molecule is CC1C(=O)OC2C[C@H]3[C@@H]4CC(=O)[C@@]5(O)C[C@@H](O)CC[C@]5(C)[C@H]4CC[C@]3(C)C21. The Morgan fingerprint density at radius 2 is 1.85 bits per heavy atom. The van der Waals surface area contributed by atoms with Crippen LogP contribution in [0.2, 0.25) is 0 Å². The number of Topliss-reactive ketones (excluding diaryl/α,β-unsaturated/α-hetero) is 1. The lowest BCUT2D eigenvalue weighted by Crippen LogP contribution is -2.67. The summed E-state index contributed by atoms with van der Waals surface area (Å²) < 4.78 is 5.72. The zero-order chi connectivity index (χ0) is 19.4. The van der Waals surface area contributed by atoms with Gasteiger partial charge in [-0.3, -0.25) is 9.59 Å². The number of aliphatic hydroxyl groups is 2. The Morgan fingerprint density at radius 1 is 1.11 bits per heavy atom. The summed E-state index contributed by atoms with van der Waals surface area (Å²) in [6, 6.07) is 0. The van der Waals surface area contributed by atoms with Gasteiger partial charge in [0, 0.05) is 24.2 Å². The van der Waals surface area contributed by atoms with Gasteiger partial charge in [0.1, 0.15) is 11.7 Å². The van der Waals surface area contributed by atoms with Crippen LogP contribution in [0.15, 0.2) is 0 Å². The zero-order valence-corrected chi connectivity index (χ0v) is 16.6. The fourth-order valence-electron chi connectivity index (χ4n) is 8.46. The number of ether oxygens (including phenoxy) is 1. The number of rotatable bonds is 0. The first-order chi connectivity index (χ1) is 12.6. The molecule has 3 unspecified atom stereocenters. The average Bonchev–Trinajstić information content (AvgIpc) is 3.05. The van der Waals surface area contributed by atoms with Crippen molar-refractivity contribution in [3.8, 4) is 0 Å². The van der Waals surface area contributed by atoms with Gasteiger partial charge in [-0.1, -0.05) is 20.8 Å². The Balaban J connectivity index is 1.52. The van der Waals surface area contributed by atoms with Crippen molar-refractivity contribution in [3.63, 3.8) is 0 Å². The van der Waals surface area contributed by atoms with Crippen LogP contribution in [0.3, 0.4) is 0 Å². The quantitative estimate of drug-likeness (QED) is 0.635. The summed E-state index contributed by atoms with van der Waals surface area (Å²) in [5.74, 6) is 0.999. The van der Waals surface area contributed by atoms with Gasteiger partial charge in [-0.2, -0.15) is 0 Å². The molecular formula is C22H32O5. The molecule has 10 atom stereocenters. The first kappa shape index (κ1) is 18.1. The van der Waals surface area contributed by atoms with Crippen molar-refractivity contribution in [1.29, 1.82) is 0 Å². The van der Waals surface area contributed by atoms with Crippen LogP contribution in [0.4, 0.5) is 0 Å². The smallest absolute Gasteiger partial charge is 0.309 e. The summed E-state index contributed by atoms with van der Waals surface area (Å²) in [6.07, 6.45) is 4.27. The molecule has 27 heavy (non-hydrogen) atoms. The number of hydrogen-bond acceptors (Lipinski definition) is 5. The first-order valence-electron chi connectivity index (χ1n) is 10.8. The molecule has 0 aromatic heterocycles. The molecule has 5 rings (SSSR count). The van der Waals surface area contributed by atoms with Crippen molar-refractivity contribution in [2.75, 3.05) is 0 Å². The van der Waals surface area contributed by atoms with Crippen LogP contribution in [-0.2, 0) is 14.3 Å². The monoisotopic (exact) mass is 376 g/mol. The summed E-state index contributed by atoms with van der Waals surface area (Å²) >= 11 is 0. The molecule has 2 N–H and O–H groups in total. The van der Waals surface area contributed by atoms with Crippen LogP contribution in [0.25, 0.3) is 0 Å². The van der Waals surface area contributed by atoms with E-state index in [0.29, 0.717) is 31.1 Å². The Labute approximate surface area is 160 Å². The molecule has 4 saturated carbocycles. The lowest BCUT2D eigenvalue weighted by Gasteiger charge is -2.62. The molecular weight excluding hydrogens is 344 g/mol. The average molecular weight is 376 g/mol. The molecule has 0 aromatic rings. The molecule has 5 nitrogen and oxygen atoms in total. The van der Waals surface area contributed by atoms with E-state index < -0.39 is 17.1 Å². The number of aliphatic hydroxyl groups excluding tert-OH is 1. The van der Waals surface area contributed by atoms with Crippen molar-refractivity contribution < 1.29 is 24.5 Å². The minimum absolute atomic E-state index is 0.00172. The molecule has 150 valence electrons. The van der Waals surface area contributed by atoms with E-state index in [1.165, 1.54) is 0 Å². The van der Waals surface area contributed by atoms with Crippen LogP contribution >= 0.6 is 0 Å². The molecule has 0 bridgehead atoms. The van der Waals surface area contributed by atoms with E-state index in [-0.39, 0.29) is 47.4 Å². The van der Waals surface area contributed by atoms with Gasteiger partial charge < -0.3 is 14.9 Å². The predicted octanol–water partition coefficient (Wildman–Crippen LogP) is 2.47. The number of ketones is 1. The maximum Gasteiger partial charge on any atom is 0.309 e. The second-order valence-electron chi connectivity index (χ2n) is 10.7. The third-order valence-electron chi connectivity index (χ3n) is 9.87. The maximum atomic E-state index is 13.2. The summed E-state index contributed by atoms with van der Waals surface area (Å²) in [4.78, 5) is 25.3. The third-order valence-corrected chi connectivity index (χ3v) is 9.87. The second kappa shape index (κ2) is 5.35. The van der Waals surface area contributed by atoms with Crippen molar-refractivity contribution in [2.24, 2.45) is 40.4 Å². The van der Waals surface area contributed by atoms with Gasteiger partial charge >= 0.3 is 5.97 Å². The number of fused-ring (bicyclic) bond motifs is 7. The second-order valence-corrected chi connectivity index (χ2v) is 10.7. The minimum atomic E-state index is -1.38. The van der Waals surface area contributed by atoms with E-state index in [1.807, 2.05) is 6.92 Å². The molecule has 0 spiro atoms. The van der Waals surface area contributed by atoms with Gasteiger partial charge in [-0.05, 0) is 55.3 Å². The number of carbonyl (C=O) groups excluding carboxylic acids is 2. The van der Waals surface area contributed by atoms with E-state index in [9.17, 15) is 19.8 Å². The molecule has 5 heteroatoms. The standard InChI is InChI=1S/C22H32O5/c1-11-18-16(27-19(11)25)9-15-13-8-17(24)22(26)10-12(23)4-7-21(22,3)14(13)5-6-20(15,18)2/h11-16,18,23,26H,4-10H2,1-3H3/t11?,12-,13+,14-,15-,16?,18?,20-,21+,22-/m0/s1. The fourth-order valence-corrected chi connectivity index (χ4v) is 8.46. The minimum Gasteiger partial charge on any atom is -0.462 e. The number of carbonyl (C=O) groups is 2. The highest BCUT2D eigenvalue weighted by molar-refractivity contribution is 5.89. The highest BCUT2D eigenvalue weighted by Gasteiger charge is 2.70. The maximum absolute atomic E-state index is 13.2. The summed E-state index contributed by atoms with van der Waals surface area (Å²) in [5.41, 5.74) is -1.79. The van der Waals surface area contributed by atoms with Crippen LogP contribution in [0.1, 0.15) is 65.7 Å². The molecule has 1 heterocycles. The molecule has 1 aliphatic heterocycles. The van der Waals surface area contributed by atoms with Crippen LogP contribution in [0, 0.1) is 40.4 Å². The van der Waals surface area contributed by atoms with Crippen molar-refractivity contribution in [2.45, 2.75) is 83.5 Å². The Morgan fingerprint density at radius 3 is 2.59 bits per heavy atom. The fraction of sp³-hybridized carbons (Fsp3) is 0.909. The van der Waals surface area contributed by atoms with Crippen molar-refractivity contribution in [3.05, 3.63) is 0 Å². The molecule has 0 amide bonds. The largest absolute Gasteiger partial charge is 0.462 e. The number of hydrogen-bond donors (Lipinski definition) is 2. The first-order valence-corrected chi connectivity index (χ1v) is 10.8. The van der Waals surface area contributed by atoms with E-state index in [1.54, 1.807) is 0 Å². The van der Waals surface area contributed by atoms with Crippen LogP contribution in [-0.4, -0.2) is 39.8 Å². The summed E-state index contributed by atoms with van der Waals surface area (Å²) in [5, 5.41) is 21.5. The molecule has 1 saturated heterocycles. The molecule has 0 radical (unpaired) electrons. The molecule has 0 aromatic carbocycles. The molecule has 5 aliphatic rings. The Kier molecular flexibility index (Phi) is 3.59. The van der Waals surface area contributed by atoms with E-state index in [0.717, 1.165) is 19.3 Å². The summed E-state index contributed by atoms with van der Waals surface area (Å²) in [6.45, 7) is 6.41. The molecule has 5 fully saturated rings. The summed E-state index contributed by atoms with van der Waals surface area (Å²) in [7, 11) is 0. The van der Waals surface area contributed by atoms with Crippen molar-refractivity contribution >= 4 is 11.8 Å². The predicted molar refractivity (Wildman–Crippen MR) is 97.5 cm³/mol. The van der Waals surface area contributed by atoms with Gasteiger partial charge in [0.05, 0.1) is 12.0 Å². The Hall–Kier alpha value is -0.940. The van der Waals surface area contributed by atoms with Crippen LogP contribution in [0.5, 0.6) is 0 Å². The van der Waals surface area contributed by atoms with Gasteiger partial charge in [-0.25, -0.2) is 0 Å². The van der Waals surface area contributed by atoms with E-state index in [4.69, 9.17) is 4.74 Å². The normalized spacial score (nSPS) is 59.5. The highest BCUT2D eigenvalue weighted by atomic mass is 16.6. The van der Waals surface area contributed by atoms with Gasteiger partial charge in [0.25, 0.3) is 0 Å². The third kappa shape index (κ3) is 2.03. The van der Waals surface area contributed by atoms with Gasteiger partial charge in [0.2, 0.25) is 0 Å². The number of esters is 1. The van der Waals surface area contributed by atoms with Crippen LogP contribution < -0.4 is 0 Å². The lowest BCUT2D eigenvalue weighted by molar-refractivity contribution is -0.213. The molecule has 4 aliphatic carbocycles. The highest BCUT2D eigenvalue weighted by Crippen LogP contribution is 2.69. The van der Waals surface area contributed by atoms with Gasteiger partial charge in [-0.15, -0.1) is 0 Å². The lowest BCUT2D eigenvalue weighted by atomic mass is 9.42. The van der Waals surface area contributed by atoms with Gasteiger partial charge in [0.15, 0.2) is 5.78 Å². The van der Waals surface area contributed by atoms with Crippen molar-refractivity contribution in [1.82, 2.24) is 0 Å².